The highest BCUT2D eigenvalue weighted by Gasteiger charge is 2.25. The first kappa shape index (κ1) is 11.2. The number of hydrogen-bond acceptors (Lipinski definition) is 1. The highest BCUT2D eigenvalue weighted by molar-refractivity contribution is 5.25. The van der Waals surface area contributed by atoms with Gasteiger partial charge in [0, 0.05) is 6.54 Å². The van der Waals surface area contributed by atoms with Gasteiger partial charge in [-0.1, -0.05) is 45.0 Å². The first-order chi connectivity index (χ1) is 6.45. The molecule has 1 unspecified atom stereocenters. The van der Waals surface area contributed by atoms with Crippen molar-refractivity contribution in [3.8, 4) is 0 Å². The highest BCUT2D eigenvalue weighted by Crippen LogP contribution is 2.35. The van der Waals surface area contributed by atoms with Crippen molar-refractivity contribution in [3.05, 3.63) is 35.4 Å². The molecule has 1 atom stereocenters. The lowest BCUT2D eigenvalue weighted by Crippen LogP contribution is -2.14. The largest absolute Gasteiger partial charge is 0.326 e. The van der Waals surface area contributed by atoms with Crippen LogP contribution < -0.4 is 5.73 Å². The minimum Gasteiger partial charge on any atom is -0.326 e. The summed E-state index contributed by atoms with van der Waals surface area (Å²) in [7, 11) is 0. The Balaban J connectivity index is 2.87. The molecule has 0 saturated carbocycles. The fraction of sp³-hybridized carbons (Fsp3) is 0.500. The second-order valence-corrected chi connectivity index (χ2v) is 4.67. The van der Waals surface area contributed by atoms with Crippen LogP contribution in [0, 0.1) is 5.41 Å². The quantitative estimate of drug-likeness (QED) is 0.770. The molecule has 0 spiro atoms. The first-order valence-electron chi connectivity index (χ1n) is 4.88. The molecule has 1 aromatic rings. The Morgan fingerprint density at radius 2 is 1.71 bits per heavy atom. The molecule has 1 rings (SSSR count). The zero-order valence-corrected chi connectivity index (χ0v) is 9.05. The van der Waals surface area contributed by atoms with Gasteiger partial charge in [-0.05, 0) is 16.5 Å². The Kier molecular flexibility index (Phi) is 3.27. The molecular formula is C12H18FN. The summed E-state index contributed by atoms with van der Waals surface area (Å²) in [5.74, 6) is 0. The smallest absolute Gasteiger partial charge is 0.130 e. The van der Waals surface area contributed by atoms with Crippen LogP contribution >= 0.6 is 0 Å². The molecule has 0 radical (unpaired) electrons. The minimum atomic E-state index is -0.922. The van der Waals surface area contributed by atoms with Crippen LogP contribution in [0.15, 0.2) is 24.3 Å². The highest BCUT2D eigenvalue weighted by atomic mass is 19.1. The summed E-state index contributed by atoms with van der Waals surface area (Å²) in [6.45, 7) is 6.20. The molecule has 0 aliphatic carbocycles. The summed E-state index contributed by atoms with van der Waals surface area (Å²) in [6.07, 6.45) is -0.922. The van der Waals surface area contributed by atoms with Crippen molar-refractivity contribution in [1.29, 1.82) is 0 Å². The van der Waals surface area contributed by atoms with Crippen LogP contribution in [0.3, 0.4) is 0 Å². The molecule has 1 nitrogen and oxygen atoms in total. The fourth-order valence-corrected chi connectivity index (χ4v) is 1.32. The van der Waals surface area contributed by atoms with E-state index in [2.05, 4.69) is 0 Å². The summed E-state index contributed by atoms with van der Waals surface area (Å²) in [5.41, 5.74) is 6.89. The summed E-state index contributed by atoms with van der Waals surface area (Å²) in [6, 6.07) is 7.40. The van der Waals surface area contributed by atoms with E-state index in [0.29, 0.717) is 6.54 Å². The number of hydrogen-bond donors (Lipinski definition) is 1. The van der Waals surface area contributed by atoms with Gasteiger partial charge in [-0.25, -0.2) is 4.39 Å². The summed E-state index contributed by atoms with van der Waals surface area (Å²) in [5, 5.41) is 0. The first-order valence-corrected chi connectivity index (χ1v) is 4.88. The lowest BCUT2D eigenvalue weighted by molar-refractivity contribution is 0.165. The number of halogens is 1. The van der Waals surface area contributed by atoms with E-state index in [4.69, 9.17) is 5.73 Å². The average Bonchev–Trinajstić information content (AvgIpc) is 2.15. The van der Waals surface area contributed by atoms with Crippen molar-refractivity contribution in [3.63, 3.8) is 0 Å². The van der Waals surface area contributed by atoms with E-state index < -0.39 is 6.17 Å². The monoisotopic (exact) mass is 195 g/mol. The van der Waals surface area contributed by atoms with Crippen LogP contribution in [-0.4, -0.2) is 0 Å². The topological polar surface area (TPSA) is 26.0 Å². The number of rotatable bonds is 2. The summed E-state index contributed by atoms with van der Waals surface area (Å²) < 4.78 is 13.8. The average molecular weight is 195 g/mol. The second kappa shape index (κ2) is 4.09. The van der Waals surface area contributed by atoms with E-state index in [-0.39, 0.29) is 5.41 Å². The maximum Gasteiger partial charge on any atom is 0.130 e. The number of alkyl halides is 1. The van der Waals surface area contributed by atoms with Gasteiger partial charge >= 0.3 is 0 Å². The van der Waals surface area contributed by atoms with Crippen molar-refractivity contribution >= 4 is 0 Å². The molecule has 0 aliphatic heterocycles. The molecule has 0 amide bonds. The zero-order valence-electron chi connectivity index (χ0n) is 9.05. The van der Waals surface area contributed by atoms with E-state index in [1.54, 1.807) is 0 Å². The van der Waals surface area contributed by atoms with Gasteiger partial charge in [-0.15, -0.1) is 0 Å². The van der Waals surface area contributed by atoms with E-state index in [1.807, 2.05) is 45.0 Å². The Labute approximate surface area is 85.1 Å². The van der Waals surface area contributed by atoms with Crippen LogP contribution in [0.5, 0.6) is 0 Å². The Morgan fingerprint density at radius 1 is 1.21 bits per heavy atom. The molecule has 0 aliphatic rings. The normalized spacial score (nSPS) is 14.1. The van der Waals surface area contributed by atoms with Gasteiger partial charge in [0.15, 0.2) is 0 Å². The molecule has 0 heterocycles. The molecule has 0 saturated heterocycles. The summed E-state index contributed by atoms with van der Waals surface area (Å²) >= 11 is 0. The predicted molar refractivity (Wildman–Crippen MR) is 57.6 cm³/mol. The van der Waals surface area contributed by atoms with E-state index in [1.165, 1.54) is 0 Å². The van der Waals surface area contributed by atoms with Crippen molar-refractivity contribution in [2.45, 2.75) is 33.5 Å². The third kappa shape index (κ3) is 2.55. The lowest BCUT2D eigenvalue weighted by atomic mass is 9.86. The number of benzene rings is 1. The van der Waals surface area contributed by atoms with E-state index in [0.717, 1.165) is 11.1 Å². The third-order valence-corrected chi connectivity index (χ3v) is 2.27. The Morgan fingerprint density at radius 3 is 2.07 bits per heavy atom. The molecular weight excluding hydrogens is 177 g/mol. The SMILES string of the molecule is CC(C)(C)C(F)c1ccc(CN)cc1. The van der Waals surface area contributed by atoms with Crippen molar-refractivity contribution in [2.24, 2.45) is 11.1 Å². The molecule has 1 aromatic carbocycles. The van der Waals surface area contributed by atoms with Gasteiger partial charge in [0.1, 0.15) is 6.17 Å². The zero-order chi connectivity index (χ0) is 10.8. The molecule has 0 bridgehead atoms. The van der Waals surface area contributed by atoms with Crippen LogP contribution in [0.2, 0.25) is 0 Å². The lowest BCUT2D eigenvalue weighted by Gasteiger charge is -2.23. The van der Waals surface area contributed by atoms with Gasteiger partial charge in [-0.3, -0.25) is 0 Å². The second-order valence-electron chi connectivity index (χ2n) is 4.67. The summed E-state index contributed by atoms with van der Waals surface area (Å²) in [4.78, 5) is 0. The van der Waals surface area contributed by atoms with Crippen LogP contribution in [0.4, 0.5) is 4.39 Å². The maximum atomic E-state index is 13.8. The maximum absolute atomic E-state index is 13.8. The van der Waals surface area contributed by atoms with Crippen LogP contribution in [0.1, 0.15) is 38.1 Å². The molecule has 78 valence electrons. The van der Waals surface area contributed by atoms with Gasteiger partial charge in [0.25, 0.3) is 0 Å². The molecule has 0 fully saturated rings. The van der Waals surface area contributed by atoms with E-state index in [9.17, 15) is 4.39 Å². The molecule has 2 heteroatoms. The van der Waals surface area contributed by atoms with Crippen LogP contribution in [-0.2, 0) is 6.54 Å². The molecule has 0 aromatic heterocycles. The van der Waals surface area contributed by atoms with Gasteiger partial charge < -0.3 is 5.73 Å². The predicted octanol–water partition coefficient (Wildman–Crippen LogP) is 3.20. The fourth-order valence-electron chi connectivity index (χ4n) is 1.32. The van der Waals surface area contributed by atoms with Gasteiger partial charge in [0.2, 0.25) is 0 Å². The van der Waals surface area contributed by atoms with E-state index >= 15 is 0 Å². The molecule has 14 heavy (non-hydrogen) atoms. The Hall–Kier alpha value is -0.890. The van der Waals surface area contributed by atoms with Gasteiger partial charge in [0.05, 0.1) is 0 Å². The Bertz CT molecular complexity index is 284. The van der Waals surface area contributed by atoms with Crippen LogP contribution in [0.25, 0.3) is 0 Å². The minimum absolute atomic E-state index is 0.343. The molecule has 2 N–H and O–H groups in total. The standard InChI is InChI=1S/C12H18FN/c1-12(2,3)11(13)10-6-4-9(8-14)5-7-10/h4-7,11H,8,14H2,1-3H3. The van der Waals surface area contributed by atoms with Crippen molar-refractivity contribution in [2.75, 3.05) is 0 Å². The number of nitrogens with two attached hydrogens (primary N) is 1. The van der Waals surface area contributed by atoms with Gasteiger partial charge in [-0.2, -0.15) is 0 Å². The van der Waals surface area contributed by atoms with Crippen molar-refractivity contribution in [1.82, 2.24) is 0 Å². The third-order valence-electron chi connectivity index (χ3n) is 2.27. The van der Waals surface area contributed by atoms with Crippen molar-refractivity contribution < 1.29 is 4.39 Å².